The molecule has 2 aromatic rings. The molecule has 0 atom stereocenters. The van der Waals surface area contributed by atoms with Crippen LogP contribution in [-0.4, -0.2) is 18.3 Å². The highest BCUT2D eigenvalue weighted by Crippen LogP contribution is 2.37. The van der Waals surface area contributed by atoms with E-state index in [0.29, 0.717) is 6.61 Å². The van der Waals surface area contributed by atoms with Gasteiger partial charge in [-0.25, -0.2) is 0 Å². The lowest BCUT2D eigenvalue weighted by Crippen LogP contribution is -2.41. The van der Waals surface area contributed by atoms with Crippen molar-refractivity contribution in [2.45, 2.75) is 59.4 Å². The summed E-state index contributed by atoms with van der Waals surface area (Å²) in [5.74, 6) is 0.874. The van der Waals surface area contributed by atoms with Gasteiger partial charge in [0.2, 0.25) is 0 Å². The average Bonchev–Trinajstić information content (AvgIpc) is 2.75. The van der Waals surface area contributed by atoms with Crippen LogP contribution < -0.4 is 10.2 Å². The smallest absolute Gasteiger partial charge is 0.489 e. The van der Waals surface area contributed by atoms with Crippen molar-refractivity contribution < 1.29 is 14.0 Å². The van der Waals surface area contributed by atoms with Crippen LogP contribution in [-0.2, 0) is 15.9 Å². The molecule has 0 radical (unpaired) electrons. The maximum Gasteiger partial charge on any atom is 0.495 e. The molecule has 1 aliphatic rings. The summed E-state index contributed by atoms with van der Waals surface area (Å²) in [6.07, 6.45) is 0. The Bertz CT molecular complexity index is 737. The van der Waals surface area contributed by atoms with E-state index in [2.05, 4.69) is 59.7 Å². The van der Waals surface area contributed by atoms with Crippen molar-refractivity contribution in [3.63, 3.8) is 0 Å². The summed E-state index contributed by atoms with van der Waals surface area (Å²) in [4.78, 5) is 0. The van der Waals surface area contributed by atoms with E-state index in [-0.39, 0.29) is 18.3 Å². The first-order chi connectivity index (χ1) is 11.7. The Hall–Kier alpha value is -1.78. The molecule has 132 valence electrons. The minimum atomic E-state index is -0.370. The molecule has 1 saturated heterocycles. The average molecular weight is 338 g/mol. The molecular weight excluding hydrogens is 311 g/mol. The lowest BCUT2D eigenvalue weighted by atomic mass is 9.73. The van der Waals surface area contributed by atoms with Crippen LogP contribution in [0.1, 0.15) is 44.4 Å². The summed E-state index contributed by atoms with van der Waals surface area (Å²) in [7, 11) is -0.370. The van der Waals surface area contributed by atoms with Crippen LogP contribution in [0.15, 0.2) is 42.5 Å². The van der Waals surface area contributed by atoms with Gasteiger partial charge in [-0.1, -0.05) is 42.0 Å². The highest BCUT2D eigenvalue weighted by molar-refractivity contribution is 6.63. The Morgan fingerprint density at radius 2 is 1.48 bits per heavy atom. The summed E-state index contributed by atoms with van der Waals surface area (Å²) >= 11 is 0. The second kappa shape index (κ2) is 6.51. The van der Waals surface area contributed by atoms with Gasteiger partial charge < -0.3 is 14.0 Å². The first-order valence-corrected chi connectivity index (χ1v) is 8.84. The molecule has 25 heavy (non-hydrogen) atoms. The Morgan fingerprint density at radius 3 is 2.08 bits per heavy atom. The fraction of sp³-hybridized carbons (Fsp3) is 0.429. The van der Waals surface area contributed by atoms with Crippen molar-refractivity contribution in [1.82, 2.24) is 0 Å². The van der Waals surface area contributed by atoms with Crippen LogP contribution in [0.5, 0.6) is 5.75 Å². The lowest BCUT2D eigenvalue weighted by molar-refractivity contribution is 0.00578. The molecule has 3 nitrogen and oxygen atoms in total. The van der Waals surface area contributed by atoms with E-state index in [1.807, 2.05) is 24.3 Å². The lowest BCUT2D eigenvalue weighted by Gasteiger charge is -2.32. The van der Waals surface area contributed by atoms with Gasteiger partial charge in [0, 0.05) is 0 Å². The first kappa shape index (κ1) is 18.0. The molecular formula is C21H27BO3. The molecule has 1 fully saturated rings. The van der Waals surface area contributed by atoms with E-state index in [0.717, 1.165) is 27.9 Å². The van der Waals surface area contributed by atoms with Crippen molar-refractivity contribution in [1.29, 1.82) is 0 Å². The molecule has 0 amide bonds. The molecule has 3 rings (SSSR count). The molecule has 2 aromatic carbocycles. The predicted molar refractivity (Wildman–Crippen MR) is 102 cm³/mol. The molecule has 0 aliphatic carbocycles. The van der Waals surface area contributed by atoms with E-state index < -0.39 is 0 Å². The van der Waals surface area contributed by atoms with Crippen LogP contribution in [0, 0.1) is 13.8 Å². The molecule has 0 spiro atoms. The van der Waals surface area contributed by atoms with Gasteiger partial charge in [-0.2, -0.15) is 0 Å². The first-order valence-electron chi connectivity index (χ1n) is 8.84. The third-order valence-electron chi connectivity index (χ3n) is 5.41. The maximum atomic E-state index is 6.25. The monoisotopic (exact) mass is 338 g/mol. The van der Waals surface area contributed by atoms with Gasteiger partial charge in [0.15, 0.2) is 0 Å². The quantitative estimate of drug-likeness (QED) is 0.783. The van der Waals surface area contributed by atoms with Gasteiger partial charge in [0.1, 0.15) is 12.4 Å². The number of hydrogen-bond donors (Lipinski definition) is 0. The zero-order valence-electron chi connectivity index (χ0n) is 16.1. The van der Waals surface area contributed by atoms with Crippen molar-refractivity contribution in [3.05, 3.63) is 59.2 Å². The summed E-state index contributed by atoms with van der Waals surface area (Å²) in [6, 6.07) is 14.3. The van der Waals surface area contributed by atoms with Gasteiger partial charge in [0.05, 0.1) is 11.2 Å². The Morgan fingerprint density at radius 1 is 0.880 bits per heavy atom. The second-order valence-corrected chi connectivity index (χ2v) is 7.78. The summed E-state index contributed by atoms with van der Waals surface area (Å²) in [5.41, 5.74) is 3.76. The van der Waals surface area contributed by atoms with Crippen LogP contribution >= 0.6 is 0 Å². The molecule has 0 aromatic heterocycles. The Kier molecular flexibility index (Phi) is 4.69. The summed E-state index contributed by atoms with van der Waals surface area (Å²) in [5, 5.41) is 0. The van der Waals surface area contributed by atoms with Crippen molar-refractivity contribution in [2.75, 3.05) is 0 Å². The zero-order valence-corrected chi connectivity index (χ0v) is 16.1. The molecule has 0 bridgehead atoms. The second-order valence-electron chi connectivity index (χ2n) is 7.78. The molecule has 4 heteroatoms. The number of rotatable bonds is 4. The number of aryl methyl sites for hydroxylation is 1. The topological polar surface area (TPSA) is 27.7 Å². The van der Waals surface area contributed by atoms with Crippen LogP contribution in [0.2, 0.25) is 0 Å². The van der Waals surface area contributed by atoms with E-state index in [1.54, 1.807) is 0 Å². The predicted octanol–water partition coefficient (Wildman–Crippen LogP) is 4.18. The number of hydrogen-bond acceptors (Lipinski definition) is 3. The molecule has 1 aliphatic heterocycles. The standard InChI is InChI=1S/C21H27BO3/c1-15-12-13-18(23-14-17-10-8-7-9-11-17)16(2)19(15)22-24-20(3,4)21(5,6)25-22/h7-13H,14H2,1-6H3. The van der Waals surface area contributed by atoms with Crippen molar-refractivity contribution >= 4 is 12.6 Å². The fourth-order valence-corrected chi connectivity index (χ4v) is 3.06. The van der Waals surface area contributed by atoms with Crippen molar-refractivity contribution in [2.24, 2.45) is 0 Å². The number of benzene rings is 2. The zero-order chi connectivity index (χ0) is 18.2. The van der Waals surface area contributed by atoms with Crippen molar-refractivity contribution in [3.8, 4) is 5.75 Å². The summed E-state index contributed by atoms with van der Waals surface area (Å²) < 4.78 is 18.6. The Labute approximate surface area is 151 Å². The minimum absolute atomic E-state index is 0.350. The molecule has 0 N–H and O–H groups in total. The van der Waals surface area contributed by atoms with E-state index in [9.17, 15) is 0 Å². The maximum absolute atomic E-state index is 6.25. The van der Waals surface area contributed by atoms with Gasteiger partial charge in [-0.15, -0.1) is 0 Å². The van der Waals surface area contributed by atoms with E-state index in [4.69, 9.17) is 14.0 Å². The van der Waals surface area contributed by atoms with Gasteiger partial charge in [0.25, 0.3) is 0 Å². The third kappa shape index (κ3) is 3.46. The van der Waals surface area contributed by atoms with Gasteiger partial charge in [-0.05, 0) is 64.2 Å². The molecule has 1 heterocycles. The normalized spacial score (nSPS) is 18.4. The highest BCUT2D eigenvalue weighted by Gasteiger charge is 2.52. The minimum Gasteiger partial charge on any atom is -0.489 e. The van der Waals surface area contributed by atoms with E-state index >= 15 is 0 Å². The van der Waals surface area contributed by atoms with Gasteiger partial charge >= 0.3 is 7.12 Å². The fourth-order valence-electron chi connectivity index (χ4n) is 3.06. The molecule has 0 unspecified atom stereocenters. The van der Waals surface area contributed by atoms with Crippen LogP contribution in [0.25, 0.3) is 0 Å². The SMILES string of the molecule is Cc1ccc(OCc2ccccc2)c(C)c1B1OC(C)(C)C(C)(C)O1. The highest BCUT2D eigenvalue weighted by atomic mass is 16.7. The van der Waals surface area contributed by atoms with Gasteiger partial charge in [-0.3, -0.25) is 0 Å². The third-order valence-corrected chi connectivity index (χ3v) is 5.41. The number of ether oxygens (including phenoxy) is 1. The van der Waals surface area contributed by atoms with Crippen LogP contribution in [0.3, 0.4) is 0 Å². The van der Waals surface area contributed by atoms with E-state index in [1.165, 1.54) is 0 Å². The molecule has 0 saturated carbocycles. The largest absolute Gasteiger partial charge is 0.495 e. The van der Waals surface area contributed by atoms with Crippen LogP contribution in [0.4, 0.5) is 0 Å². The Balaban J connectivity index is 1.86. The summed E-state index contributed by atoms with van der Waals surface area (Å²) in [6.45, 7) is 13.0.